The molecule has 0 saturated heterocycles. The summed E-state index contributed by atoms with van der Waals surface area (Å²) in [4.78, 5) is 14.8. The van der Waals surface area contributed by atoms with Crippen LogP contribution in [0.2, 0.25) is 0 Å². The molecule has 4 N–H and O–H groups in total. The number of hydrogen-bond acceptors (Lipinski definition) is 2. The number of carbonyl (C=O) groups is 1. The largest absolute Gasteiger partial charge is 0.478 e. The Kier molecular flexibility index (Phi) is 5.20. The van der Waals surface area contributed by atoms with Crippen LogP contribution >= 0.6 is 22.6 Å². The Morgan fingerprint density at radius 1 is 1.17 bits per heavy atom. The second-order valence-electron chi connectivity index (χ2n) is 5.77. The second kappa shape index (κ2) is 7.36. The van der Waals surface area contributed by atoms with Crippen molar-refractivity contribution in [1.29, 1.82) is 0 Å². The molecule has 4 nitrogen and oxygen atoms in total. The Hall–Kier alpha value is -1.86. The molecule has 0 fully saturated rings. The SMILES string of the molecule is NCCCCc1c(-c2ccccc2I)[nH]c2ccc(C(=O)O)cc12. The van der Waals surface area contributed by atoms with Gasteiger partial charge in [0.2, 0.25) is 0 Å². The molecule has 2 aromatic carbocycles. The molecule has 0 saturated carbocycles. The molecule has 0 aliphatic rings. The molecule has 124 valence electrons. The fourth-order valence-corrected chi connectivity index (χ4v) is 3.64. The number of aryl methyl sites for hydroxylation is 1. The highest BCUT2D eigenvalue weighted by Crippen LogP contribution is 2.34. The maximum absolute atomic E-state index is 11.3. The van der Waals surface area contributed by atoms with E-state index < -0.39 is 5.97 Å². The molecule has 0 aliphatic heterocycles. The molecular weight excluding hydrogens is 415 g/mol. The van der Waals surface area contributed by atoms with E-state index in [1.54, 1.807) is 12.1 Å². The van der Waals surface area contributed by atoms with Crippen molar-refractivity contribution in [2.45, 2.75) is 19.3 Å². The molecule has 0 spiro atoms. The van der Waals surface area contributed by atoms with E-state index in [0.717, 1.165) is 41.4 Å². The van der Waals surface area contributed by atoms with Gasteiger partial charge in [-0.1, -0.05) is 18.2 Å². The van der Waals surface area contributed by atoms with Crippen molar-refractivity contribution in [3.63, 3.8) is 0 Å². The summed E-state index contributed by atoms with van der Waals surface area (Å²) >= 11 is 2.33. The van der Waals surface area contributed by atoms with Gasteiger partial charge in [-0.05, 0) is 78.2 Å². The average Bonchev–Trinajstić information content (AvgIpc) is 2.93. The number of unbranched alkanes of at least 4 members (excludes halogenated alkanes) is 1. The minimum absolute atomic E-state index is 0.316. The van der Waals surface area contributed by atoms with E-state index in [0.29, 0.717) is 12.1 Å². The lowest BCUT2D eigenvalue weighted by molar-refractivity contribution is 0.0697. The van der Waals surface area contributed by atoms with Gasteiger partial charge in [0, 0.05) is 20.0 Å². The summed E-state index contributed by atoms with van der Waals surface area (Å²) in [7, 11) is 0. The smallest absolute Gasteiger partial charge is 0.335 e. The Morgan fingerprint density at radius 3 is 2.67 bits per heavy atom. The average molecular weight is 434 g/mol. The maximum atomic E-state index is 11.3. The van der Waals surface area contributed by atoms with Gasteiger partial charge in [0.15, 0.2) is 0 Å². The van der Waals surface area contributed by atoms with Crippen LogP contribution in [0.3, 0.4) is 0 Å². The lowest BCUT2D eigenvalue weighted by Gasteiger charge is -2.07. The number of nitrogens with two attached hydrogens (primary N) is 1. The Morgan fingerprint density at radius 2 is 1.96 bits per heavy atom. The van der Waals surface area contributed by atoms with Crippen molar-refractivity contribution < 1.29 is 9.90 Å². The van der Waals surface area contributed by atoms with Crippen molar-refractivity contribution in [2.75, 3.05) is 6.54 Å². The zero-order valence-corrected chi connectivity index (χ0v) is 15.3. The van der Waals surface area contributed by atoms with Gasteiger partial charge < -0.3 is 15.8 Å². The third-order valence-electron chi connectivity index (χ3n) is 4.18. The molecule has 0 bridgehead atoms. The first-order chi connectivity index (χ1) is 11.6. The van der Waals surface area contributed by atoms with Gasteiger partial charge in [-0.25, -0.2) is 4.79 Å². The lowest BCUT2D eigenvalue weighted by atomic mass is 9.99. The molecular formula is C19H19IN2O2. The van der Waals surface area contributed by atoms with Crippen LogP contribution in [-0.4, -0.2) is 22.6 Å². The number of nitrogens with one attached hydrogen (secondary N) is 1. The van der Waals surface area contributed by atoms with E-state index in [9.17, 15) is 9.90 Å². The molecule has 3 aromatic rings. The number of carboxylic acids is 1. The third kappa shape index (κ3) is 3.32. The standard InChI is InChI=1S/C19H19IN2O2/c20-16-7-2-1-6-14(16)18-13(5-3-4-10-21)15-11-12(19(23)24)8-9-17(15)22-18/h1-2,6-9,11,22H,3-5,10,21H2,(H,23,24). The predicted molar refractivity (Wildman–Crippen MR) is 105 cm³/mol. The van der Waals surface area contributed by atoms with Crippen LogP contribution in [0.5, 0.6) is 0 Å². The molecule has 24 heavy (non-hydrogen) atoms. The van der Waals surface area contributed by atoms with Crippen LogP contribution < -0.4 is 5.73 Å². The molecule has 1 aromatic heterocycles. The van der Waals surface area contributed by atoms with Crippen molar-refractivity contribution >= 4 is 39.5 Å². The molecule has 0 radical (unpaired) electrons. The summed E-state index contributed by atoms with van der Waals surface area (Å²) in [5, 5.41) is 10.3. The van der Waals surface area contributed by atoms with Crippen LogP contribution in [0.4, 0.5) is 0 Å². The Bertz CT molecular complexity index is 886. The van der Waals surface area contributed by atoms with Crippen molar-refractivity contribution in [3.05, 3.63) is 57.2 Å². The molecule has 1 heterocycles. The van der Waals surface area contributed by atoms with E-state index in [-0.39, 0.29) is 0 Å². The second-order valence-corrected chi connectivity index (χ2v) is 6.93. The maximum Gasteiger partial charge on any atom is 0.335 e. The first-order valence-electron chi connectivity index (χ1n) is 7.94. The van der Waals surface area contributed by atoms with Gasteiger partial charge in [0.1, 0.15) is 0 Å². The minimum atomic E-state index is -0.901. The molecule has 0 aliphatic carbocycles. The highest BCUT2D eigenvalue weighted by atomic mass is 127. The molecule has 3 rings (SSSR count). The lowest BCUT2D eigenvalue weighted by Crippen LogP contribution is -2.00. The Balaban J connectivity index is 2.18. The first-order valence-corrected chi connectivity index (χ1v) is 9.02. The van der Waals surface area contributed by atoms with Gasteiger partial charge in [-0.15, -0.1) is 0 Å². The van der Waals surface area contributed by atoms with Gasteiger partial charge in [0.25, 0.3) is 0 Å². The quantitative estimate of drug-likeness (QED) is 0.397. The van der Waals surface area contributed by atoms with E-state index in [4.69, 9.17) is 5.73 Å². The monoisotopic (exact) mass is 434 g/mol. The summed E-state index contributed by atoms with van der Waals surface area (Å²) in [6.45, 7) is 0.668. The van der Waals surface area contributed by atoms with Crippen molar-refractivity contribution in [3.8, 4) is 11.3 Å². The van der Waals surface area contributed by atoms with Crippen LogP contribution in [0.1, 0.15) is 28.8 Å². The van der Waals surface area contributed by atoms with Crippen LogP contribution in [0.25, 0.3) is 22.2 Å². The van der Waals surface area contributed by atoms with Crippen LogP contribution in [-0.2, 0) is 6.42 Å². The van der Waals surface area contributed by atoms with Crippen LogP contribution in [0, 0.1) is 3.57 Å². The van der Waals surface area contributed by atoms with Crippen molar-refractivity contribution in [2.24, 2.45) is 5.73 Å². The fourth-order valence-electron chi connectivity index (χ4n) is 2.98. The Labute approximate surface area is 154 Å². The highest BCUT2D eigenvalue weighted by Gasteiger charge is 2.16. The normalized spacial score (nSPS) is 11.1. The van der Waals surface area contributed by atoms with E-state index in [1.165, 1.54) is 9.13 Å². The number of rotatable bonds is 6. The third-order valence-corrected chi connectivity index (χ3v) is 5.12. The summed E-state index contributed by atoms with van der Waals surface area (Å²) in [5.41, 5.74) is 10.3. The number of H-pyrrole nitrogens is 1. The summed E-state index contributed by atoms with van der Waals surface area (Å²) in [6.07, 6.45) is 2.81. The van der Waals surface area contributed by atoms with Gasteiger partial charge in [0.05, 0.1) is 11.3 Å². The number of aromatic carboxylic acids is 1. The fraction of sp³-hybridized carbons (Fsp3) is 0.211. The summed E-state index contributed by atoms with van der Waals surface area (Å²) < 4.78 is 1.17. The van der Waals surface area contributed by atoms with E-state index in [2.05, 4.69) is 39.7 Å². The number of hydrogen-bond donors (Lipinski definition) is 3. The molecule has 0 amide bonds. The number of aromatic nitrogens is 1. The van der Waals surface area contributed by atoms with E-state index >= 15 is 0 Å². The molecule has 0 unspecified atom stereocenters. The van der Waals surface area contributed by atoms with Gasteiger partial charge in [-0.2, -0.15) is 0 Å². The highest BCUT2D eigenvalue weighted by molar-refractivity contribution is 14.1. The number of fused-ring (bicyclic) bond motifs is 1. The topological polar surface area (TPSA) is 79.1 Å². The number of benzene rings is 2. The van der Waals surface area contributed by atoms with Gasteiger partial charge >= 0.3 is 5.97 Å². The summed E-state index contributed by atoms with van der Waals surface area (Å²) in [5.74, 6) is -0.901. The first kappa shape index (κ1) is 17.0. The van der Waals surface area contributed by atoms with Crippen LogP contribution in [0.15, 0.2) is 42.5 Å². The number of carboxylic acid groups (broad SMARTS) is 1. The van der Waals surface area contributed by atoms with Gasteiger partial charge in [-0.3, -0.25) is 0 Å². The zero-order chi connectivity index (χ0) is 17.1. The predicted octanol–water partition coefficient (Wildman–Crippen LogP) is 4.42. The molecule has 5 heteroatoms. The van der Waals surface area contributed by atoms with Crippen molar-refractivity contribution in [1.82, 2.24) is 4.98 Å². The van der Waals surface area contributed by atoms with E-state index in [1.807, 2.05) is 18.2 Å². The minimum Gasteiger partial charge on any atom is -0.478 e. The zero-order valence-electron chi connectivity index (χ0n) is 13.2. The molecule has 0 atom stereocenters. The number of aromatic amines is 1. The summed E-state index contributed by atoms with van der Waals surface area (Å²) in [6, 6.07) is 13.5. The number of halogens is 1.